The zero-order valence-electron chi connectivity index (χ0n) is 16.6. The van der Waals surface area contributed by atoms with E-state index in [0.29, 0.717) is 27.0 Å². The van der Waals surface area contributed by atoms with Crippen LogP contribution in [0.3, 0.4) is 0 Å². The third-order valence-corrected chi connectivity index (χ3v) is 7.65. The lowest BCUT2D eigenvalue weighted by Gasteiger charge is -2.18. The van der Waals surface area contributed by atoms with Crippen LogP contribution >= 0.6 is 22.9 Å². The largest absolute Gasteiger partial charge is 0.467 e. The maximum absolute atomic E-state index is 13.2. The van der Waals surface area contributed by atoms with Gasteiger partial charge in [0, 0.05) is 5.02 Å². The molecule has 6 nitrogen and oxygen atoms in total. The van der Waals surface area contributed by atoms with E-state index < -0.39 is 21.5 Å². The Kier molecular flexibility index (Phi) is 6.13. The van der Waals surface area contributed by atoms with E-state index in [-0.39, 0.29) is 12.3 Å². The molecule has 0 N–H and O–H groups in total. The second-order valence-electron chi connectivity index (χ2n) is 7.09. The second kappa shape index (κ2) is 8.82. The Morgan fingerprint density at radius 2 is 1.90 bits per heavy atom. The number of fused-ring (bicyclic) bond motifs is 1. The van der Waals surface area contributed by atoms with Gasteiger partial charge in [0.1, 0.15) is 11.5 Å². The summed E-state index contributed by atoms with van der Waals surface area (Å²) in [4.78, 5) is 19.1. The van der Waals surface area contributed by atoms with Gasteiger partial charge in [-0.1, -0.05) is 53.3 Å². The van der Waals surface area contributed by atoms with Crippen LogP contribution in [-0.2, 0) is 26.9 Å². The van der Waals surface area contributed by atoms with Gasteiger partial charge in [0.05, 0.1) is 28.8 Å². The Hall–Kier alpha value is -2.68. The Balaban J connectivity index is 1.65. The molecule has 9 heteroatoms. The molecule has 0 aliphatic heterocycles. The molecule has 0 fully saturated rings. The summed E-state index contributed by atoms with van der Waals surface area (Å²) < 4.78 is 31.7. The number of sulfone groups is 1. The van der Waals surface area contributed by atoms with Gasteiger partial charge >= 0.3 is 0 Å². The van der Waals surface area contributed by atoms with Crippen LogP contribution in [0.1, 0.15) is 16.9 Å². The Bertz CT molecular complexity index is 1320. The SMILES string of the molecule is Cc1c(Cl)ccc2sc(N(Cc3ccco3)C(=O)CS(=O)(=O)Cc3ccccc3)nc12. The highest BCUT2D eigenvalue weighted by atomic mass is 35.5. The zero-order valence-corrected chi connectivity index (χ0v) is 19.0. The number of aryl methyl sites for hydroxylation is 1. The Labute approximate surface area is 189 Å². The fraction of sp³-hybridized carbons (Fsp3) is 0.182. The monoisotopic (exact) mass is 474 g/mol. The number of anilines is 1. The third-order valence-electron chi connectivity index (χ3n) is 4.74. The number of carbonyl (C=O) groups is 1. The lowest BCUT2D eigenvalue weighted by molar-refractivity contribution is -0.116. The molecule has 0 unspecified atom stereocenters. The van der Waals surface area contributed by atoms with Crippen molar-refractivity contribution < 1.29 is 17.6 Å². The molecular formula is C22H19ClN2O4S2. The van der Waals surface area contributed by atoms with Crippen LogP contribution in [0, 0.1) is 6.92 Å². The van der Waals surface area contributed by atoms with Gasteiger partial charge in [-0.05, 0) is 42.3 Å². The first-order valence-corrected chi connectivity index (χ1v) is 12.5. The standard InChI is InChI=1S/C22H19ClN2O4S2/c1-15-18(23)9-10-19-21(15)24-22(30-19)25(12-17-8-5-11-29-17)20(26)14-31(27,28)13-16-6-3-2-4-7-16/h2-11H,12-14H2,1H3. The van der Waals surface area contributed by atoms with Crippen molar-refractivity contribution in [1.82, 2.24) is 4.98 Å². The molecule has 0 bridgehead atoms. The highest BCUT2D eigenvalue weighted by molar-refractivity contribution is 7.91. The van der Waals surface area contributed by atoms with Gasteiger partial charge in [-0.2, -0.15) is 0 Å². The highest BCUT2D eigenvalue weighted by Gasteiger charge is 2.27. The zero-order chi connectivity index (χ0) is 22.0. The molecule has 0 saturated carbocycles. The van der Waals surface area contributed by atoms with Gasteiger partial charge < -0.3 is 4.42 Å². The van der Waals surface area contributed by atoms with E-state index in [1.165, 1.54) is 22.5 Å². The highest BCUT2D eigenvalue weighted by Crippen LogP contribution is 2.34. The molecule has 2 aromatic carbocycles. The lowest BCUT2D eigenvalue weighted by Crippen LogP contribution is -2.35. The predicted molar refractivity (Wildman–Crippen MR) is 123 cm³/mol. The number of amides is 1. The van der Waals surface area contributed by atoms with E-state index >= 15 is 0 Å². The number of hydrogen-bond donors (Lipinski definition) is 0. The van der Waals surface area contributed by atoms with Gasteiger partial charge in [-0.15, -0.1) is 0 Å². The topological polar surface area (TPSA) is 80.5 Å². The maximum Gasteiger partial charge on any atom is 0.244 e. The van der Waals surface area contributed by atoms with Crippen molar-refractivity contribution in [3.8, 4) is 0 Å². The quantitative estimate of drug-likeness (QED) is 0.376. The average Bonchev–Trinajstić information content (AvgIpc) is 3.39. The molecule has 0 atom stereocenters. The van der Waals surface area contributed by atoms with Gasteiger partial charge in [-0.3, -0.25) is 9.69 Å². The van der Waals surface area contributed by atoms with Crippen LogP contribution in [0.5, 0.6) is 0 Å². The Morgan fingerprint density at radius 1 is 1.13 bits per heavy atom. The minimum Gasteiger partial charge on any atom is -0.467 e. The Morgan fingerprint density at radius 3 is 2.61 bits per heavy atom. The molecule has 1 amide bonds. The van der Waals surface area contributed by atoms with Crippen molar-refractivity contribution in [3.63, 3.8) is 0 Å². The maximum atomic E-state index is 13.2. The summed E-state index contributed by atoms with van der Waals surface area (Å²) in [5, 5.41) is 0.982. The third kappa shape index (κ3) is 4.98. The number of rotatable bonds is 7. The number of benzene rings is 2. The molecule has 2 heterocycles. The molecule has 0 spiro atoms. The summed E-state index contributed by atoms with van der Waals surface area (Å²) in [6.45, 7) is 1.94. The van der Waals surface area contributed by atoms with Crippen LogP contribution in [0.2, 0.25) is 5.02 Å². The summed E-state index contributed by atoms with van der Waals surface area (Å²) in [7, 11) is -3.68. The summed E-state index contributed by atoms with van der Waals surface area (Å²) >= 11 is 7.52. The predicted octanol–water partition coefficient (Wildman–Crippen LogP) is 5.00. The van der Waals surface area contributed by atoms with Gasteiger partial charge in [0.25, 0.3) is 0 Å². The molecular weight excluding hydrogens is 456 g/mol. The van der Waals surface area contributed by atoms with Crippen molar-refractivity contribution in [3.05, 3.63) is 82.8 Å². The van der Waals surface area contributed by atoms with Crippen molar-refractivity contribution in [1.29, 1.82) is 0 Å². The first kappa shape index (κ1) is 21.5. The van der Waals surface area contributed by atoms with Crippen LogP contribution in [-0.4, -0.2) is 25.1 Å². The number of hydrogen-bond acceptors (Lipinski definition) is 6. The van der Waals surface area contributed by atoms with Crippen molar-refractivity contribution in [2.75, 3.05) is 10.7 Å². The van der Waals surface area contributed by atoms with Crippen LogP contribution < -0.4 is 4.90 Å². The van der Waals surface area contributed by atoms with E-state index in [1.807, 2.05) is 19.1 Å². The van der Waals surface area contributed by atoms with Crippen LogP contribution in [0.4, 0.5) is 5.13 Å². The number of thiazole rings is 1. The molecule has 160 valence electrons. The van der Waals surface area contributed by atoms with Crippen molar-refractivity contribution >= 4 is 54.0 Å². The molecule has 31 heavy (non-hydrogen) atoms. The molecule has 0 radical (unpaired) electrons. The average molecular weight is 475 g/mol. The number of nitrogens with zero attached hydrogens (tertiary/aromatic N) is 2. The fourth-order valence-corrected chi connectivity index (χ4v) is 5.70. The molecule has 4 aromatic rings. The van der Waals surface area contributed by atoms with Gasteiger partial charge in [0.2, 0.25) is 5.91 Å². The molecule has 0 saturated heterocycles. The summed E-state index contributed by atoms with van der Waals surface area (Å²) in [5.74, 6) is -0.862. The number of carbonyl (C=O) groups excluding carboxylic acids is 1. The number of halogens is 1. The first-order chi connectivity index (χ1) is 14.8. The normalized spacial score (nSPS) is 11.7. The molecule has 0 aliphatic rings. The number of aromatic nitrogens is 1. The van der Waals surface area contributed by atoms with Crippen molar-refractivity contribution in [2.45, 2.75) is 19.2 Å². The van der Waals surface area contributed by atoms with Gasteiger partial charge in [-0.25, -0.2) is 13.4 Å². The smallest absolute Gasteiger partial charge is 0.244 e. The van der Waals surface area contributed by atoms with E-state index in [9.17, 15) is 13.2 Å². The van der Waals surface area contributed by atoms with Crippen LogP contribution in [0.15, 0.2) is 65.3 Å². The number of furan rings is 1. The van der Waals surface area contributed by atoms with E-state index in [4.69, 9.17) is 16.0 Å². The minimum absolute atomic E-state index is 0.0826. The minimum atomic E-state index is -3.68. The van der Waals surface area contributed by atoms with E-state index in [0.717, 1.165) is 10.3 Å². The molecule has 0 aliphatic carbocycles. The summed E-state index contributed by atoms with van der Waals surface area (Å²) in [5.41, 5.74) is 2.14. The van der Waals surface area contributed by atoms with Crippen LogP contribution in [0.25, 0.3) is 10.2 Å². The van der Waals surface area contributed by atoms with E-state index in [1.54, 1.807) is 42.5 Å². The molecule has 2 aromatic heterocycles. The second-order valence-corrected chi connectivity index (χ2v) is 10.6. The summed E-state index contributed by atoms with van der Waals surface area (Å²) in [6.07, 6.45) is 1.51. The first-order valence-electron chi connectivity index (χ1n) is 9.45. The fourth-order valence-electron chi connectivity index (χ4n) is 3.17. The van der Waals surface area contributed by atoms with Gasteiger partial charge in [0.15, 0.2) is 15.0 Å². The van der Waals surface area contributed by atoms with Crippen molar-refractivity contribution in [2.24, 2.45) is 0 Å². The lowest BCUT2D eigenvalue weighted by atomic mass is 10.2. The molecule has 4 rings (SSSR count). The van der Waals surface area contributed by atoms with E-state index in [2.05, 4.69) is 4.98 Å². The summed E-state index contributed by atoms with van der Waals surface area (Å²) in [6, 6.07) is 15.9.